The van der Waals surface area contributed by atoms with Gasteiger partial charge < -0.3 is 5.32 Å². The molecule has 1 atom stereocenters. The Bertz CT molecular complexity index is 563. The van der Waals surface area contributed by atoms with Crippen molar-refractivity contribution < 1.29 is 0 Å². The van der Waals surface area contributed by atoms with Crippen molar-refractivity contribution in [3.63, 3.8) is 0 Å². The second-order valence-corrected chi connectivity index (χ2v) is 6.45. The van der Waals surface area contributed by atoms with E-state index >= 15 is 0 Å². The van der Waals surface area contributed by atoms with Gasteiger partial charge in [0.2, 0.25) is 0 Å². The van der Waals surface area contributed by atoms with E-state index in [4.69, 9.17) is 4.98 Å². The van der Waals surface area contributed by atoms with Crippen LogP contribution >= 0.6 is 11.3 Å². The van der Waals surface area contributed by atoms with Crippen molar-refractivity contribution in [1.29, 1.82) is 0 Å². The van der Waals surface area contributed by atoms with Gasteiger partial charge in [0, 0.05) is 16.8 Å². The topological polar surface area (TPSA) is 24.9 Å². The average molecular weight is 272 g/mol. The van der Waals surface area contributed by atoms with E-state index in [0.29, 0.717) is 12.0 Å². The third-order valence-corrected chi connectivity index (χ3v) is 5.58. The van der Waals surface area contributed by atoms with Crippen LogP contribution in [0.15, 0.2) is 24.3 Å². The molecule has 1 aliphatic carbocycles. The molecule has 1 heterocycles. The molecule has 3 heteroatoms. The lowest BCUT2D eigenvalue weighted by atomic mass is 10.1. The molecule has 0 amide bonds. The summed E-state index contributed by atoms with van der Waals surface area (Å²) in [7, 11) is 2.01. The molecule has 2 aromatic rings. The van der Waals surface area contributed by atoms with Crippen molar-refractivity contribution in [2.75, 3.05) is 7.05 Å². The van der Waals surface area contributed by atoms with Crippen LogP contribution in [0.5, 0.6) is 0 Å². The van der Waals surface area contributed by atoms with Crippen molar-refractivity contribution in [2.24, 2.45) is 0 Å². The van der Waals surface area contributed by atoms with E-state index in [1.807, 2.05) is 18.4 Å². The summed E-state index contributed by atoms with van der Waals surface area (Å²) >= 11 is 1.89. The van der Waals surface area contributed by atoms with Crippen LogP contribution in [0.25, 0.3) is 0 Å². The van der Waals surface area contributed by atoms with E-state index in [2.05, 4.69) is 43.4 Å². The van der Waals surface area contributed by atoms with Gasteiger partial charge in [0.25, 0.3) is 0 Å². The van der Waals surface area contributed by atoms with Gasteiger partial charge in [0.15, 0.2) is 0 Å². The molecule has 0 saturated heterocycles. The molecule has 0 aliphatic heterocycles. The summed E-state index contributed by atoms with van der Waals surface area (Å²) in [6.07, 6.45) is 2.30. The quantitative estimate of drug-likeness (QED) is 0.923. The van der Waals surface area contributed by atoms with Gasteiger partial charge in [0.1, 0.15) is 0 Å². The minimum Gasteiger partial charge on any atom is -0.312 e. The fourth-order valence-electron chi connectivity index (χ4n) is 2.87. The van der Waals surface area contributed by atoms with Crippen LogP contribution in [-0.4, -0.2) is 12.0 Å². The summed E-state index contributed by atoms with van der Waals surface area (Å²) in [5.41, 5.74) is 4.20. The molecule has 0 fully saturated rings. The first-order chi connectivity index (χ1) is 9.19. The maximum Gasteiger partial charge on any atom is 0.0969 e. The van der Waals surface area contributed by atoms with Crippen molar-refractivity contribution in [3.05, 3.63) is 51.0 Å². The predicted molar refractivity (Wildman–Crippen MR) is 80.9 cm³/mol. The van der Waals surface area contributed by atoms with Crippen molar-refractivity contribution in [3.8, 4) is 0 Å². The number of rotatable bonds is 3. The zero-order valence-corrected chi connectivity index (χ0v) is 12.6. The molecule has 100 valence electrons. The van der Waals surface area contributed by atoms with Gasteiger partial charge in [-0.15, -0.1) is 11.3 Å². The van der Waals surface area contributed by atoms with Crippen LogP contribution in [0.3, 0.4) is 0 Å². The maximum atomic E-state index is 4.82. The summed E-state index contributed by atoms with van der Waals surface area (Å²) in [6.45, 7) is 4.33. The fraction of sp³-hybridized carbons (Fsp3) is 0.438. The molecule has 19 heavy (non-hydrogen) atoms. The molecule has 0 spiro atoms. The van der Waals surface area contributed by atoms with E-state index in [9.17, 15) is 0 Å². The molecule has 1 aromatic carbocycles. The zero-order valence-electron chi connectivity index (χ0n) is 11.7. The van der Waals surface area contributed by atoms with Crippen LogP contribution in [0.1, 0.15) is 45.6 Å². The molecule has 1 aromatic heterocycles. The minimum absolute atomic E-state index is 0.398. The lowest BCUT2D eigenvalue weighted by Crippen LogP contribution is -2.11. The zero-order chi connectivity index (χ0) is 13.4. The Labute approximate surface area is 118 Å². The number of aryl methyl sites for hydroxylation is 1. The second kappa shape index (κ2) is 5.06. The summed E-state index contributed by atoms with van der Waals surface area (Å²) in [6, 6.07) is 9.20. The Morgan fingerprint density at radius 1 is 1.26 bits per heavy atom. The van der Waals surface area contributed by atoms with Gasteiger partial charge in [-0.3, -0.25) is 0 Å². The summed E-state index contributed by atoms with van der Waals surface area (Å²) < 4.78 is 0. The largest absolute Gasteiger partial charge is 0.312 e. The highest BCUT2D eigenvalue weighted by Gasteiger charge is 2.26. The van der Waals surface area contributed by atoms with Gasteiger partial charge in [-0.05, 0) is 44.9 Å². The van der Waals surface area contributed by atoms with Crippen LogP contribution in [0, 0.1) is 6.92 Å². The lowest BCUT2D eigenvalue weighted by Gasteiger charge is -2.07. The molecule has 0 saturated carbocycles. The molecule has 2 nitrogen and oxygen atoms in total. The highest BCUT2D eigenvalue weighted by Crippen LogP contribution is 2.37. The van der Waals surface area contributed by atoms with Crippen LogP contribution in [0.2, 0.25) is 0 Å². The van der Waals surface area contributed by atoms with Crippen LogP contribution in [-0.2, 0) is 12.8 Å². The van der Waals surface area contributed by atoms with Crippen molar-refractivity contribution in [1.82, 2.24) is 10.3 Å². The number of hydrogen-bond acceptors (Lipinski definition) is 3. The third-order valence-electron chi connectivity index (χ3n) is 4.08. The monoisotopic (exact) mass is 272 g/mol. The molecule has 1 aliphatic rings. The molecule has 3 rings (SSSR count). The smallest absolute Gasteiger partial charge is 0.0969 e. The van der Waals surface area contributed by atoms with Gasteiger partial charge in [0.05, 0.1) is 10.7 Å². The molecule has 0 bridgehead atoms. The summed E-state index contributed by atoms with van der Waals surface area (Å²) in [4.78, 5) is 6.21. The van der Waals surface area contributed by atoms with E-state index in [1.165, 1.54) is 26.7 Å². The predicted octanol–water partition coefficient (Wildman–Crippen LogP) is 3.61. The summed E-state index contributed by atoms with van der Waals surface area (Å²) in [5, 5.41) is 4.62. The molecule has 1 N–H and O–H groups in total. The van der Waals surface area contributed by atoms with Crippen LogP contribution < -0.4 is 5.32 Å². The molecular formula is C16H20N2S. The average Bonchev–Trinajstić information content (AvgIpc) is 3.00. The molecule has 0 radical (unpaired) electrons. The number of aromatic nitrogens is 1. The first-order valence-electron chi connectivity index (χ1n) is 6.90. The Kier molecular flexibility index (Phi) is 3.42. The number of nitrogens with one attached hydrogen (secondary N) is 1. The van der Waals surface area contributed by atoms with Crippen molar-refractivity contribution in [2.45, 2.75) is 38.6 Å². The molecular weight excluding hydrogens is 252 g/mol. The highest BCUT2D eigenvalue weighted by molar-refractivity contribution is 7.11. The Balaban J connectivity index is 1.86. The second-order valence-electron chi connectivity index (χ2n) is 5.39. The number of hydrogen-bond donors (Lipinski definition) is 1. The normalized spacial score (nSPS) is 16.6. The number of nitrogens with zero attached hydrogens (tertiary/aromatic N) is 1. The van der Waals surface area contributed by atoms with Crippen LogP contribution in [0.4, 0.5) is 0 Å². The van der Waals surface area contributed by atoms with Gasteiger partial charge in [-0.2, -0.15) is 0 Å². The standard InChI is InChI=1S/C16H20N2S/c1-10(17-3)15-11(2)18-16(19-15)14-8-12-6-4-5-7-13(12)9-14/h4-7,10,14,17H,8-9H2,1-3H3. The Morgan fingerprint density at radius 3 is 2.47 bits per heavy atom. The first-order valence-corrected chi connectivity index (χ1v) is 7.72. The lowest BCUT2D eigenvalue weighted by molar-refractivity contribution is 0.658. The highest BCUT2D eigenvalue weighted by atomic mass is 32.1. The summed E-state index contributed by atoms with van der Waals surface area (Å²) in [5.74, 6) is 0.582. The number of benzene rings is 1. The molecule has 1 unspecified atom stereocenters. The Morgan fingerprint density at radius 2 is 1.89 bits per heavy atom. The van der Waals surface area contributed by atoms with E-state index in [-0.39, 0.29) is 0 Å². The minimum atomic E-state index is 0.398. The fourth-order valence-corrected chi connectivity index (χ4v) is 4.10. The third kappa shape index (κ3) is 2.33. The van der Waals surface area contributed by atoms with E-state index < -0.39 is 0 Å². The van der Waals surface area contributed by atoms with Gasteiger partial charge in [-0.25, -0.2) is 4.98 Å². The van der Waals surface area contributed by atoms with Gasteiger partial charge in [-0.1, -0.05) is 24.3 Å². The van der Waals surface area contributed by atoms with Gasteiger partial charge >= 0.3 is 0 Å². The first kappa shape index (κ1) is 12.8. The number of fused-ring (bicyclic) bond motifs is 1. The van der Waals surface area contributed by atoms with E-state index in [0.717, 1.165) is 12.8 Å². The Hall–Kier alpha value is -1.19. The maximum absolute atomic E-state index is 4.82. The van der Waals surface area contributed by atoms with E-state index in [1.54, 1.807) is 0 Å². The number of thiazole rings is 1. The van der Waals surface area contributed by atoms with Crippen molar-refractivity contribution >= 4 is 11.3 Å². The SMILES string of the molecule is CNC(C)c1sc(C2Cc3ccccc3C2)nc1C.